The summed E-state index contributed by atoms with van der Waals surface area (Å²) in [4.78, 5) is 12.2. The van der Waals surface area contributed by atoms with Crippen LogP contribution in [0, 0.1) is 0 Å². The van der Waals surface area contributed by atoms with Crippen LogP contribution in [0.3, 0.4) is 0 Å². The molecular weight excluding hydrogens is 180 g/mol. The fraction of sp³-hybridized carbons (Fsp3) is 0.250. The minimum Gasteiger partial charge on any atom is -0.373 e. The van der Waals surface area contributed by atoms with Crippen LogP contribution in [0.4, 0.5) is 5.82 Å². The van der Waals surface area contributed by atoms with E-state index in [9.17, 15) is 0 Å². The fourth-order valence-electron chi connectivity index (χ4n) is 1.07. The molecule has 0 fully saturated rings. The standard InChI is InChI=1S/C8H10N6/c1-9-7-2-3-11-8(13-7)4-14-6-10-5-12-14/h2-3,5-6H,4H2,1H3,(H,9,11,13). The summed E-state index contributed by atoms with van der Waals surface area (Å²) in [6, 6.07) is 1.81. The summed E-state index contributed by atoms with van der Waals surface area (Å²) in [5, 5.41) is 6.92. The van der Waals surface area contributed by atoms with E-state index in [4.69, 9.17) is 0 Å². The molecule has 0 spiro atoms. The monoisotopic (exact) mass is 190 g/mol. The molecule has 2 heterocycles. The van der Waals surface area contributed by atoms with E-state index in [0.29, 0.717) is 12.4 Å². The highest BCUT2D eigenvalue weighted by Gasteiger charge is 1.99. The van der Waals surface area contributed by atoms with Gasteiger partial charge in [0.1, 0.15) is 25.0 Å². The van der Waals surface area contributed by atoms with Crippen LogP contribution in [-0.4, -0.2) is 31.8 Å². The first-order chi connectivity index (χ1) is 6.88. The number of aromatic nitrogens is 5. The number of hydrogen-bond acceptors (Lipinski definition) is 5. The van der Waals surface area contributed by atoms with E-state index in [1.54, 1.807) is 17.2 Å². The van der Waals surface area contributed by atoms with Crippen LogP contribution in [-0.2, 0) is 6.54 Å². The lowest BCUT2D eigenvalue weighted by atomic mass is 10.5. The largest absolute Gasteiger partial charge is 0.373 e. The third-order valence-corrected chi connectivity index (χ3v) is 1.73. The molecule has 0 amide bonds. The summed E-state index contributed by atoms with van der Waals surface area (Å²) in [5.74, 6) is 1.51. The molecule has 0 radical (unpaired) electrons. The van der Waals surface area contributed by atoms with Crippen molar-refractivity contribution in [2.45, 2.75) is 6.54 Å². The average Bonchev–Trinajstić information content (AvgIpc) is 2.71. The van der Waals surface area contributed by atoms with Crippen molar-refractivity contribution in [3.05, 3.63) is 30.7 Å². The normalized spacial score (nSPS) is 10.1. The van der Waals surface area contributed by atoms with Gasteiger partial charge >= 0.3 is 0 Å². The first-order valence-corrected chi connectivity index (χ1v) is 4.20. The van der Waals surface area contributed by atoms with Gasteiger partial charge in [0.25, 0.3) is 0 Å². The highest BCUT2D eigenvalue weighted by molar-refractivity contribution is 5.31. The summed E-state index contributed by atoms with van der Waals surface area (Å²) in [6.07, 6.45) is 4.84. The Morgan fingerprint density at radius 1 is 1.50 bits per heavy atom. The third-order valence-electron chi connectivity index (χ3n) is 1.73. The zero-order valence-corrected chi connectivity index (χ0v) is 7.75. The minimum absolute atomic E-state index is 0.537. The minimum atomic E-state index is 0.537. The van der Waals surface area contributed by atoms with Crippen molar-refractivity contribution in [2.24, 2.45) is 0 Å². The summed E-state index contributed by atoms with van der Waals surface area (Å²) in [6.45, 7) is 0.537. The number of hydrogen-bond donors (Lipinski definition) is 1. The molecule has 14 heavy (non-hydrogen) atoms. The van der Waals surface area contributed by atoms with Gasteiger partial charge in [-0.25, -0.2) is 19.6 Å². The van der Waals surface area contributed by atoms with Gasteiger partial charge in [0.05, 0.1) is 0 Å². The van der Waals surface area contributed by atoms with Gasteiger partial charge in [-0.05, 0) is 6.07 Å². The summed E-state index contributed by atoms with van der Waals surface area (Å²) < 4.78 is 1.68. The Hall–Kier alpha value is -1.98. The van der Waals surface area contributed by atoms with Crippen LogP contribution < -0.4 is 5.32 Å². The van der Waals surface area contributed by atoms with E-state index in [-0.39, 0.29) is 0 Å². The molecule has 0 bridgehead atoms. The van der Waals surface area contributed by atoms with Crippen molar-refractivity contribution in [3.8, 4) is 0 Å². The van der Waals surface area contributed by atoms with Gasteiger partial charge < -0.3 is 5.32 Å². The molecule has 2 rings (SSSR count). The maximum atomic E-state index is 4.26. The molecule has 2 aromatic heterocycles. The molecule has 0 aliphatic heterocycles. The molecular formula is C8H10N6. The summed E-state index contributed by atoms with van der Waals surface area (Å²) in [5.41, 5.74) is 0. The van der Waals surface area contributed by atoms with Crippen molar-refractivity contribution in [3.63, 3.8) is 0 Å². The van der Waals surface area contributed by atoms with E-state index in [2.05, 4.69) is 25.4 Å². The highest BCUT2D eigenvalue weighted by atomic mass is 15.3. The van der Waals surface area contributed by atoms with E-state index >= 15 is 0 Å². The Kier molecular flexibility index (Phi) is 2.35. The summed E-state index contributed by atoms with van der Waals surface area (Å²) in [7, 11) is 1.82. The summed E-state index contributed by atoms with van der Waals surface area (Å²) >= 11 is 0. The van der Waals surface area contributed by atoms with Crippen molar-refractivity contribution >= 4 is 5.82 Å². The third kappa shape index (κ3) is 1.85. The Labute approximate surface area is 81.0 Å². The number of rotatable bonds is 3. The van der Waals surface area contributed by atoms with Crippen LogP contribution in [0.2, 0.25) is 0 Å². The first-order valence-electron chi connectivity index (χ1n) is 4.20. The maximum Gasteiger partial charge on any atom is 0.152 e. The van der Waals surface area contributed by atoms with Crippen LogP contribution in [0.25, 0.3) is 0 Å². The molecule has 0 unspecified atom stereocenters. The number of anilines is 1. The number of nitrogens with zero attached hydrogens (tertiary/aromatic N) is 5. The highest BCUT2D eigenvalue weighted by Crippen LogP contribution is 2.01. The molecule has 6 heteroatoms. The molecule has 0 aliphatic carbocycles. The second-order valence-corrected chi connectivity index (χ2v) is 2.70. The molecule has 0 atom stereocenters. The Morgan fingerprint density at radius 2 is 2.43 bits per heavy atom. The van der Waals surface area contributed by atoms with Crippen molar-refractivity contribution in [1.82, 2.24) is 24.7 Å². The predicted molar refractivity (Wildman–Crippen MR) is 50.7 cm³/mol. The molecule has 6 nitrogen and oxygen atoms in total. The molecule has 72 valence electrons. The quantitative estimate of drug-likeness (QED) is 0.746. The fourth-order valence-corrected chi connectivity index (χ4v) is 1.07. The van der Waals surface area contributed by atoms with Crippen molar-refractivity contribution < 1.29 is 0 Å². The Morgan fingerprint density at radius 3 is 3.14 bits per heavy atom. The maximum absolute atomic E-state index is 4.26. The van der Waals surface area contributed by atoms with Gasteiger partial charge in [-0.1, -0.05) is 0 Å². The number of nitrogens with one attached hydrogen (secondary N) is 1. The Balaban J connectivity index is 2.17. The topological polar surface area (TPSA) is 68.5 Å². The van der Waals surface area contributed by atoms with Gasteiger partial charge in [-0.2, -0.15) is 5.10 Å². The molecule has 0 aliphatic rings. The van der Waals surface area contributed by atoms with E-state index in [0.717, 1.165) is 5.82 Å². The van der Waals surface area contributed by atoms with Gasteiger partial charge in [-0.15, -0.1) is 0 Å². The van der Waals surface area contributed by atoms with Crippen molar-refractivity contribution in [2.75, 3.05) is 12.4 Å². The first kappa shape index (κ1) is 8.61. The molecule has 1 N–H and O–H groups in total. The van der Waals surface area contributed by atoms with Gasteiger partial charge in [0.2, 0.25) is 0 Å². The van der Waals surface area contributed by atoms with E-state index in [1.165, 1.54) is 6.33 Å². The lowest BCUT2D eigenvalue weighted by molar-refractivity contribution is 0.654. The smallest absolute Gasteiger partial charge is 0.152 e. The zero-order chi connectivity index (χ0) is 9.80. The second-order valence-electron chi connectivity index (χ2n) is 2.70. The molecule has 2 aromatic rings. The van der Waals surface area contributed by atoms with E-state index < -0.39 is 0 Å². The zero-order valence-electron chi connectivity index (χ0n) is 7.75. The molecule has 0 saturated carbocycles. The second kappa shape index (κ2) is 3.82. The van der Waals surface area contributed by atoms with Crippen LogP contribution in [0.1, 0.15) is 5.82 Å². The van der Waals surface area contributed by atoms with E-state index in [1.807, 2.05) is 13.1 Å². The van der Waals surface area contributed by atoms with Crippen molar-refractivity contribution in [1.29, 1.82) is 0 Å². The van der Waals surface area contributed by atoms with Gasteiger partial charge in [-0.3, -0.25) is 0 Å². The lowest BCUT2D eigenvalue weighted by Gasteiger charge is -2.02. The lowest BCUT2D eigenvalue weighted by Crippen LogP contribution is -2.06. The van der Waals surface area contributed by atoms with Crippen LogP contribution in [0.5, 0.6) is 0 Å². The predicted octanol–water partition coefficient (Wildman–Crippen LogP) is 0.158. The van der Waals surface area contributed by atoms with Crippen LogP contribution in [0.15, 0.2) is 24.9 Å². The SMILES string of the molecule is CNc1ccnc(Cn2cncn2)n1. The Bertz CT molecular complexity index is 396. The average molecular weight is 190 g/mol. The van der Waals surface area contributed by atoms with Crippen LogP contribution >= 0.6 is 0 Å². The van der Waals surface area contributed by atoms with Gasteiger partial charge in [0.15, 0.2) is 5.82 Å². The molecule has 0 aromatic carbocycles. The van der Waals surface area contributed by atoms with Gasteiger partial charge in [0, 0.05) is 13.2 Å². The molecule has 0 saturated heterocycles.